The predicted octanol–water partition coefficient (Wildman–Crippen LogP) is 3.93. The van der Waals surface area contributed by atoms with Crippen LogP contribution in [0.5, 0.6) is 0 Å². The third kappa shape index (κ3) is 2.81. The fourth-order valence-corrected chi connectivity index (χ4v) is 3.25. The van der Waals surface area contributed by atoms with Crippen molar-refractivity contribution in [2.75, 3.05) is 0 Å². The Morgan fingerprint density at radius 2 is 2.13 bits per heavy atom. The zero-order valence-electron chi connectivity index (χ0n) is 13.7. The van der Waals surface area contributed by atoms with E-state index in [0.717, 1.165) is 12.1 Å². The number of hydrogen-bond donors (Lipinski definition) is 1. The molecule has 23 heavy (non-hydrogen) atoms. The molecule has 0 aliphatic heterocycles. The van der Waals surface area contributed by atoms with Crippen LogP contribution in [0.2, 0.25) is 0 Å². The van der Waals surface area contributed by atoms with Crippen LogP contribution in [0.15, 0.2) is 43.1 Å². The molecule has 4 heteroatoms. The lowest BCUT2D eigenvalue weighted by Gasteiger charge is -2.19. The summed E-state index contributed by atoms with van der Waals surface area (Å²) < 4.78 is 2.13. The summed E-state index contributed by atoms with van der Waals surface area (Å²) in [6.45, 7) is 4.38. The van der Waals surface area contributed by atoms with E-state index in [2.05, 4.69) is 58.0 Å². The SMILES string of the molecule is Cc1cccc(C(Cc2cnn(C3CC3)c2)c2cnc[nH]2)c1C. The lowest BCUT2D eigenvalue weighted by Crippen LogP contribution is -2.08. The largest absolute Gasteiger partial charge is 0.348 e. The van der Waals surface area contributed by atoms with Gasteiger partial charge in [-0.15, -0.1) is 0 Å². The number of nitrogens with zero attached hydrogens (tertiary/aromatic N) is 3. The van der Waals surface area contributed by atoms with Crippen molar-refractivity contribution in [2.24, 2.45) is 0 Å². The molecule has 1 fully saturated rings. The van der Waals surface area contributed by atoms with Gasteiger partial charge < -0.3 is 4.98 Å². The minimum Gasteiger partial charge on any atom is -0.348 e. The Morgan fingerprint density at radius 3 is 2.87 bits per heavy atom. The summed E-state index contributed by atoms with van der Waals surface area (Å²) >= 11 is 0. The molecule has 1 saturated carbocycles. The molecule has 4 rings (SSSR count). The summed E-state index contributed by atoms with van der Waals surface area (Å²) in [5, 5.41) is 4.54. The van der Waals surface area contributed by atoms with Crippen LogP contribution in [0.4, 0.5) is 0 Å². The molecule has 1 aliphatic carbocycles. The maximum absolute atomic E-state index is 4.54. The van der Waals surface area contributed by atoms with Gasteiger partial charge in [-0.3, -0.25) is 4.68 Å². The first-order chi connectivity index (χ1) is 11.2. The van der Waals surface area contributed by atoms with Crippen LogP contribution in [0, 0.1) is 13.8 Å². The third-order valence-corrected chi connectivity index (χ3v) is 4.93. The van der Waals surface area contributed by atoms with Crippen molar-refractivity contribution in [2.45, 2.75) is 45.1 Å². The fourth-order valence-electron chi connectivity index (χ4n) is 3.25. The molecule has 1 N–H and O–H groups in total. The van der Waals surface area contributed by atoms with Crippen LogP contribution in [0.25, 0.3) is 0 Å². The van der Waals surface area contributed by atoms with Gasteiger partial charge in [0.2, 0.25) is 0 Å². The number of nitrogens with one attached hydrogen (secondary N) is 1. The number of imidazole rings is 1. The molecule has 118 valence electrons. The van der Waals surface area contributed by atoms with Gasteiger partial charge in [-0.05, 0) is 55.4 Å². The van der Waals surface area contributed by atoms with E-state index >= 15 is 0 Å². The van der Waals surface area contributed by atoms with Gasteiger partial charge in [0.25, 0.3) is 0 Å². The number of rotatable bonds is 5. The monoisotopic (exact) mass is 306 g/mol. The molecule has 0 saturated heterocycles. The molecule has 1 unspecified atom stereocenters. The van der Waals surface area contributed by atoms with Crippen molar-refractivity contribution < 1.29 is 0 Å². The van der Waals surface area contributed by atoms with E-state index in [1.807, 2.05) is 12.4 Å². The van der Waals surface area contributed by atoms with Gasteiger partial charge in [0.1, 0.15) is 0 Å². The van der Waals surface area contributed by atoms with Crippen LogP contribution in [-0.2, 0) is 6.42 Å². The van der Waals surface area contributed by atoms with Gasteiger partial charge in [0.15, 0.2) is 0 Å². The second-order valence-corrected chi connectivity index (χ2v) is 6.61. The van der Waals surface area contributed by atoms with E-state index in [-0.39, 0.29) is 5.92 Å². The van der Waals surface area contributed by atoms with E-state index < -0.39 is 0 Å². The topological polar surface area (TPSA) is 46.5 Å². The van der Waals surface area contributed by atoms with Crippen LogP contribution >= 0.6 is 0 Å². The van der Waals surface area contributed by atoms with Crippen LogP contribution in [0.3, 0.4) is 0 Å². The van der Waals surface area contributed by atoms with E-state index in [4.69, 9.17) is 0 Å². The van der Waals surface area contributed by atoms with Gasteiger partial charge in [0.05, 0.1) is 18.6 Å². The second kappa shape index (κ2) is 5.69. The Morgan fingerprint density at radius 1 is 1.26 bits per heavy atom. The zero-order valence-corrected chi connectivity index (χ0v) is 13.7. The summed E-state index contributed by atoms with van der Waals surface area (Å²) in [6.07, 6.45) is 11.4. The van der Waals surface area contributed by atoms with Crippen LogP contribution in [-0.4, -0.2) is 19.7 Å². The van der Waals surface area contributed by atoms with Crippen molar-refractivity contribution >= 4 is 0 Å². The quantitative estimate of drug-likeness (QED) is 0.776. The first-order valence-corrected chi connectivity index (χ1v) is 8.30. The number of aromatic nitrogens is 4. The summed E-state index contributed by atoms with van der Waals surface area (Å²) in [5.41, 5.74) is 6.52. The highest BCUT2D eigenvalue weighted by atomic mass is 15.3. The van der Waals surface area contributed by atoms with Gasteiger partial charge in [-0.25, -0.2) is 4.98 Å². The van der Waals surface area contributed by atoms with Gasteiger partial charge in [0, 0.05) is 24.0 Å². The third-order valence-electron chi connectivity index (χ3n) is 4.93. The van der Waals surface area contributed by atoms with Crippen molar-refractivity contribution in [1.82, 2.24) is 19.7 Å². The van der Waals surface area contributed by atoms with Crippen molar-refractivity contribution in [3.8, 4) is 0 Å². The number of hydrogen-bond acceptors (Lipinski definition) is 2. The molecule has 0 amide bonds. The summed E-state index contributed by atoms with van der Waals surface area (Å²) in [7, 11) is 0. The Balaban J connectivity index is 1.69. The Labute approximate surface area is 136 Å². The molecular formula is C19H22N4. The number of benzene rings is 1. The average Bonchev–Trinajstić information content (AvgIpc) is 3.07. The Bertz CT molecular complexity index is 797. The molecule has 0 radical (unpaired) electrons. The Kier molecular flexibility index (Phi) is 3.52. The molecular weight excluding hydrogens is 284 g/mol. The minimum absolute atomic E-state index is 0.286. The molecule has 2 aromatic heterocycles. The first-order valence-electron chi connectivity index (χ1n) is 8.30. The van der Waals surface area contributed by atoms with E-state index in [1.165, 1.54) is 35.1 Å². The normalized spacial score (nSPS) is 15.7. The molecule has 1 atom stereocenters. The minimum atomic E-state index is 0.286. The number of H-pyrrole nitrogens is 1. The lowest BCUT2D eigenvalue weighted by atomic mass is 9.86. The van der Waals surface area contributed by atoms with Gasteiger partial charge in [-0.2, -0.15) is 5.10 Å². The second-order valence-electron chi connectivity index (χ2n) is 6.61. The molecule has 1 aliphatic rings. The highest BCUT2D eigenvalue weighted by molar-refractivity contribution is 5.40. The fraction of sp³-hybridized carbons (Fsp3) is 0.368. The smallest absolute Gasteiger partial charge is 0.0921 e. The van der Waals surface area contributed by atoms with Crippen LogP contribution in [0.1, 0.15) is 52.7 Å². The van der Waals surface area contributed by atoms with Crippen LogP contribution < -0.4 is 0 Å². The number of aryl methyl sites for hydroxylation is 1. The molecule has 2 heterocycles. The van der Waals surface area contributed by atoms with Crippen molar-refractivity contribution in [3.05, 3.63) is 71.1 Å². The standard InChI is InChI=1S/C19H22N4/c1-13-4-3-5-17(14(13)2)18(19-10-20-12-21-19)8-15-9-22-23(11-15)16-6-7-16/h3-5,9-12,16,18H,6-8H2,1-2H3,(H,20,21). The van der Waals surface area contributed by atoms with Crippen molar-refractivity contribution in [1.29, 1.82) is 0 Å². The zero-order chi connectivity index (χ0) is 15.8. The Hall–Kier alpha value is -2.36. The maximum Gasteiger partial charge on any atom is 0.0921 e. The molecule has 4 nitrogen and oxygen atoms in total. The van der Waals surface area contributed by atoms with Gasteiger partial charge >= 0.3 is 0 Å². The highest BCUT2D eigenvalue weighted by Gasteiger charge is 2.25. The predicted molar refractivity (Wildman–Crippen MR) is 90.5 cm³/mol. The molecule has 0 spiro atoms. The van der Waals surface area contributed by atoms with Crippen molar-refractivity contribution in [3.63, 3.8) is 0 Å². The van der Waals surface area contributed by atoms with E-state index in [0.29, 0.717) is 6.04 Å². The first kappa shape index (κ1) is 14.2. The summed E-state index contributed by atoms with van der Waals surface area (Å²) in [4.78, 5) is 7.54. The van der Waals surface area contributed by atoms with Gasteiger partial charge in [-0.1, -0.05) is 18.2 Å². The van der Waals surface area contributed by atoms with E-state index in [1.54, 1.807) is 6.33 Å². The molecule has 3 aromatic rings. The number of aromatic amines is 1. The highest BCUT2D eigenvalue weighted by Crippen LogP contribution is 2.35. The summed E-state index contributed by atoms with van der Waals surface area (Å²) in [5.74, 6) is 0.286. The summed E-state index contributed by atoms with van der Waals surface area (Å²) in [6, 6.07) is 7.19. The molecule has 0 bridgehead atoms. The lowest BCUT2D eigenvalue weighted by molar-refractivity contribution is 0.640. The average molecular weight is 306 g/mol. The maximum atomic E-state index is 4.54. The van der Waals surface area contributed by atoms with E-state index in [9.17, 15) is 0 Å². The molecule has 1 aromatic carbocycles.